The van der Waals surface area contributed by atoms with Gasteiger partial charge in [0.2, 0.25) is 10.7 Å². The van der Waals surface area contributed by atoms with Crippen LogP contribution in [0.25, 0.3) is 79.0 Å². The van der Waals surface area contributed by atoms with E-state index in [0.29, 0.717) is 22.6 Å². The van der Waals surface area contributed by atoms with E-state index in [1.54, 1.807) is 48.6 Å². The maximum atomic E-state index is 13.6. The summed E-state index contributed by atoms with van der Waals surface area (Å²) in [7, 11) is 0. The van der Waals surface area contributed by atoms with Crippen LogP contribution in [-0.4, -0.2) is 74.5 Å². The van der Waals surface area contributed by atoms with Crippen molar-refractivity contribution in [3.8, 4) is 56.4 Å². The van der Waals surface area contributed by atoms with Crippen LogP contribution in [0.3, 0.4) is 0 Å². The number of anilines is 2. The summed E-state index contributed by atoms with van der Waals surface area (Å²) in [5.74, 6) is 0.956. The van der Waals surface area contributed by atoms with Crippen LogP contribution in [0, 0.1) is 0 Å². The Morgan fingerprint density at radius 1 is 0.500 bits per heavy atom. The molecule has 6 aromatic rings. The standard InChI is InChI=1S/C36H37N2O3.C28H30N2O3.C8H8O.ClH/c1-6-25-15-19-28(20-16-25)40-36(39)30-14-12-11-13-29(30)35-31-21-17-26(37(7-2)8-3)23-33(31)41-34-24-27(18-22-32(34)35)38(9-4)10-5;1-5-29(6-2)19-13-15-23-25(17-19)33-26-18-20(30(7-3)8-4)14-16-24(26)27(23)21-11-9-10-12-22(21)28(31)32;1-2-7-3-5-8(9)6-4-7;/h6,11-24H,1,7-10H2,2-5H3;9-18H,5-8H2,1-4H3;2-6,9H,1H2;1H/q+1;;;. The highest BCUT2D eigenvalue weighted by Crippen LogP contribution is 2.44. The number of phenolic OH excluding ortho intramolecular Hbond substituents is 1. The van der Waals surface area contributed by atoms with Crippen LogP contribution < -0.4 is 46.8 Å². The molecule has 432 valence electrons. The summed E-state index contributed by atoms with van der Waals surface area (Å²) in [6, 6.07) is 54.2. The molecule has 0 amide bonds. The lowest BCUT2D eigenvalue weighted by Gasteiger charge is -2.22. The molecule has 11 nitrogen and oxygen atoms in total. The van der Waals surface area contributed by atoms with E-state index < -0.39 is 11.9 Å². The predicted molar refractivity (Wildman–Crippen MR) is 343 cm³/mol. The summed E-state index contributed by atoms with van der Waals surface area (Å²) < 4.78 is 23.5. The van der Waals surface area contributed by atoms with Gasteiger partial charge < -0.3 is 46.0 Å². The van der Waals surface area contributed by atoms with E-state index in [-0.39, 0.29) is 18.0 Å². The molecule has 84 heavy (non-hydrogen) atoms. The van der Waals surface area contributed by atoms with Gasteiger partial charge in [-0.25, -0.2) is 18.7 Å². The molecule has 10 rings (SSSR count). The van der Waals surface area contributed by atoms with Gasteiger partial charge in [-0.3, -0.25) is 0 Å². The average Bonchev–Trinajstić information content (AvgIpc) is 2.79. The second-order valence-electron chi connectivity index (χ2n) is 19.7. The van der Waals surface area contributed by atoms with Gasteiger partial charge in [0.25, 0.3) is 0 Å². The minimum Gasteiger partial charge on any atom is -1.00 e. The van der Waals surface area contributed by atoms with E-state index in [9.17, 15) is 14.7 Å². The number of rotatable bonds is 17. The number of carbonyl (C=O) groups is 2. The summed E-state index contributed by atoms with van der Waals surface area (Å²) in [5.41, 5.74) is 11.7. The van der Waals surface area contributed by atoms with Crippen LogP contribution in [0.1, 0.15) is 87.2 Å². The molecule has 0 unspecified atom stereocenters. The lowest BCUT2D eigenvalue weighted by atomic mass is 9.90. The molecule has 0 fully saturated rings. The van der Waals surface area contributed by atoms with E-state index in [1.165, 1.54) is 0 Å². The molecule has 0 atom stereocenters. The minimum absolute atomic E-state index is 0. The normalized spacial score (nSPS) is 10.7. The fourth-order valence-electron chi connectivity index (χ4n) is 10.7. The third-order valence-corrected chi connectivity index (χ3v) is 15.2. The molecule has 12 heteroatoms. The number of nitrogens with zero attached hydrogens (tertiary/aromatic N) is 4. The molecule has 6 aromatic carbocycles. The molecule has 0 bridgehead atoms. The number of hydrogen-bond donors (Lipinski definition) is 2. The van der Waals surface area contributed by atoms with Crippen molar-refractivity contribution in [3.63, 3.8) is 0 Å². The molecule has 0 spiro atoms. The summed E-state index contributed by atoms with van der Waals surface area (Å²) in [5, 5.41) is 22.8. The summed E-state index contributed by atoms with van der Waals surface area (Å²) in [6.07, 6.45) is 3.49. The molecule has 2 heterocycles. The van der Waals surface area contributed by atoms with Crippen LogP contribution in [0.5, 0.6) is 11.5 Å². The molecular formula is C72H76ClN4O7+. The van der Waals surface area contributed by atoms with Gasteiger partial charge in [-0.15, -0.1) is 0 Å². The average molecular weight is 1140 g/mol. The second kappa shape index (κ2) is 29.2. The highest BCUT2D eigenvalue weighted by molar-refractivity contribution is 6.09. The van der Waals surface area contributed by atoms with Crippen molar-refractivity contribution >= 4 is 57.4 Å². The van der Waals surface area contributed by atoms with Crippen LogP contribution >= 0.6 is 0 Å². The highest BCUT2D eigenvalue weighted by atomic mass is 35.5. The van der Waals surface area contributed by atoms with Gasteiger partial charge in [0.1, 0.15) is 60.4 Å². The third kappa shape index (κ3) is 13.8. The number of hydrogen-bond acceptors (Lipinski definition) is 8. The van der Waals surface area contributed by atoms with E-state index in [0.717, 1.165) is 147 Å². The van der Waals surface area contributed by atoms with Crippen LogP contribution in [0.15, 0.2) is 192 Å². The van der Waals surface area contributed by atoms with Crippen molar-refractivity contribution in [1.29, 1.82) is 0 Å². The van der Waals surface area contributed by atoms with Gasteiger partial charge in [0, 0.05) is 94.8 Å². The molecular weight excluding hydrogens is 1070 g/mol. The topological polar surface area (TPSA) is 123 Å². The Balaban J connectivity index is 0.000000211. The van der Waals surface area contributed by atoms with Crippen LogP contribution in [-0.2, 0) is 0 Å². The zero-order chi connectivity index (χ0) is 59.2. The van der Waals surface area contributed by atoms with Gasteiger partial charge in [-0.1, -0.05) is 86.0 Å². The van der Waals surface area contributed by atoms with Crippen LogP contribution in [0.4, 0.5) is 11.4 Å². The lowest BCUT2D eigenvalue weighted by Crippen LogP contribution is -3.00. The number of esters is 1. The number of ether oxygens (including phenoxy) is 1. The van der Waals surface area contributed by atoms with E-state index in [2.05, 4.69) is 160 Å². The number of carboxylic acid groups (broad SMARTS) is 1. The SMILES string of the molecule is C=Cc1ccc(O)cc1.C=Cc1ccc(OC(=O)c2ccccc2-c2c3ccc(=[N+](CC)CC)cc-3oc3cc(N(CC)CC)ccc23)cc1.CCN(CC)c1ccc2c(-c3ccccc3C(=O)O)c3ccc(=[N+](CC)CC)cc-3oc2c1.[Cl-]. The van der Waals surface area contributed by atoms with Gasteiger partial charge >= 0.3 is 11.9 Å². The summed E-state index contributed by atoms with van der Waals surface area (Å²) in [4.78, 5) is 30.2. The van der Waals surface area contributed by atoms with Crippen molar-refractivity contribution in [2.75, 3.05) is 62.2 Å². The quantitative estimate of drug-likeness (QED) is 0.0397. The first-order valence-electron chi connectivity index (χ1n) is 28.8. The number of aromatic hydroxyl groups is 1. The number of fused-ring (bicyclic) bond motifs is 4. The molecule has 0 saturated heterocycles. The van der Waals surface area contributed by atoms with Gasteiger partial charge in [-0.2, -0.15) is 0 Å². The molecule has 4 aliphatic rings. The minimum atomic E-state index is -0.938. The number of carbonyl (C=O) groups excluding carboxylic acids is 1. The fraction of sp³-hybridized carbons (Fsp3) is 0.222. The lowest BCUT2D eigenvalue weighted by molar-refractivity contribution is -0.0000460. The van der Waals surface area contributed by atoms with E-state index in [4.69, 9.17) is 18.7 Å². The molecule has 0 aromatic heterocycles. The number of benzene rings is 8. The molecule has 2 N–H and O–H groups in total. The van der Waals surface area contributed by atoms with Crippen molar-refractivity contribution < 1.29 is 45.8 Å². The molecule has 2 aliphatic carbocycles. The Bertz CT molecular complexity index is 3990. The molecule has 2 aliphatic heterocycles. The first-order valence-corrected chi connectivity index (χ1v) is 28.8. The first-order chi connectivity index (χ1) is 40.3. The number of carboxylic acids is 1. The largest absolute Gasteiger partial charge is 1.00 e. The summed E-state index contributed by atoms with van der Waals surface area (Å²) >= 11 is 0. The Kier molecular flexibility index (Phi) is 21.7. The number of halogens is 1. The van der Waals surface area contributed by atoms with Gasteiger partial charge in [0.15, 0.2) is 0 Å². The highest BCUT2D eigenvalue weighted by Gasteiger charge is 2.25. The predicted octanol–water partition coefficient (Wildman–Crippen LogP) is 12.3. The Hall–Kier alpha value is -9.19. The van der Waals surface area contributed by atoms with E-state index in [1.807, 2.05) is 60.7 Å². The Morgan fingerprint density at radius 3 is 1.31 bits per heavy atom. The first kappa shape index (κ1) is 62.4. The van der Waals surface area contributed by atoms with Crippen LogP contribution in [0.2, 0.25) is 0 Å². The Labute approximate surface area is 499 Å². The third-order valence-electron chi connectivity index (χ3n) is 15.2. The molecule has 0 saturated carbocycles. The second-order valence-corrected chi connectivity index (χ2v) is 19.7. The monoisotopic (exact) mass is 1140 g/mol. The zero-order valence-electron chi connectivity index (χ0n) is 49.5. The smallest absolute Gasteiger partial charge is 0.344 e. The van der Waals surface area contributed by atoms with E-state index >= 15 is 0 Å². The van der Waals surface area contributed by atoms with Crippen molar-refractivity contribution in [1.82, 2.24) is 9.15 Å². The zero-order valence-corrected chi connectivity index (χ0v) is 50.2. The van der Waals surface area contributed by atoms with Crippen molar-refractivity contribution in [3.05, 3.63) is 216 Å². The van der Waals surface area contributed by atoms with Gasteiger partial charge in [-0.05, 0) is 150 Å². The maximum absolute atomic E-state index is 13.6. The Morgan fingerprint density at radius 2 is 0.905 bits per heavy atom. The number of phenols is 1. The van der Waals surface area contributed by atoms with Gasteiger partial charge in [0.05, 0.1) is 23.3 Å². The maximum Gasteiger partial charge on any atom is 0.344 e. The number of aromatic carboxylic acids is 1. The van der Waals surface area contributed by atoms with Crippen molar-refractivity contribution in [2.45, 2.75) is 55.4 Å². The van der Waals surface area contributed by atoms with Crippen molar-refractivity contribution in [2.24, 2.45) is 0 Å². The molecule has 0 radical (unpaired) electrons. The summed E-state index contributed by atoms with van der Waals surface area (Å²) in [6.45, 7) is 31.7. The fourth-order valence-corrected chi connectivity index (χ4v) is 10.7.